The second-order valence-corrected chi connectivity index (χ2v) is 9.61. The molecule has 4 aromatic rings. The predicted octanol–water partition coefficient (Wildman–Crippen LogP) is 4.92. The Balaban J connectivity index is 0.000000166. The van der Waals surface area contributed by atoms with Crippen LogP contribution in [0.15, 0.2) is 109 Å². The van der Waals surface area contributed by atoms with Gasteiger partial charge in [0, 0.05) is 6.54 Å². The van der Waals surface area contributed by atoms with Crippen molar-refractivity contribution in [3.8, 4) is 5.75 Å². The Bertz CT molecular complexity index is 960. The van der Waals surface area contributed by atoms with E-state index in [0.717, 1.165) is 25.2 Å². The van der Waals surface area contributed by atoms with Crippen molar-refractivity contribution in [1.82, 2.24) is 0 Å². The minimum absolute atomic E-state index is 0.446. The Kier molecular flexibility index (Phi) is 7.50. The van der Waals surface area contributed by atoms with Crippen LogP contribution >= 0.6 is 7.92 Å². The number of nitrogens with two attached hydrogens (primary N) is 1. The summed E-state index contributed by atoms with van der Waals surface area (Å²) in [5.41, 5.74) is 8.16. The quantitative estimate of drug-likeness (QED) is 0.471. The molecule has 0 fully saturated rings. The highest BCUT2D eigenvalue weighted by molar-refractivity contribution is 7.79. The summed E-state index contributed by atoms with van der Waals surface area (Å²) in [5.74, 6) is 1.03. The minimum atomic E-state index is -0.446. The van der Waals surface area contributed by atoms with Crippen LogP contribution in [0.25, 0.3) is 0 Å². The summed E-state index contributed by atoms with van der Waals surface area (Å²) < 4.78 is 5.51. The smallest absolute Gasteiger partial charge is 0.122 e. The van der Waals surface area contributed by atoms with Gasteiger partial charge in [0.05, 0.1) is 6.61 Å². The molecule has 0 radical (unpaired) electrons. The molecule has 0 saturated carbocycles. The summed E-state index contributed by atoms with van der Waals surface area (Å²) in [5, 5.41) is 4.19. The topological polar surface area (TPSA) is 35.2 Å². The van der Waals surface area contributed by atoms with Gasteiger partial charge in [0.2, 0.25) is 0 Å². The van der Waals surface area contributed by atoms with Crippen molar-refractivity contribution >= 4 is 23.8 Å². The van der Waals surface area contributed by atoms with Gasteiger partial charge in [-0.2, -0.15) is 0 Å². The fourth-order valence-corrected chi connectivity index (χ4v) is 6.14. The van der Waals surface area contributed by atoms with Gasteiger partial charge in [-0.3, -0.25) is 0 Å². The first kappa shape index (κ1) is 21.3. The third-order valence-corrected chi connectivity index (χ3v) is 7.77. The zero-order chi connectivity index (χ0) is 21.3. The Labute approximate surface area is 186 Å². The van der Waals surface area contributed by atoms with Crippen LogP contribution < -0.4 is 26.4 Å². The fraction of sp³-hybridized carbons (Fsp3) is 0.143. The molecule has 4 aromatic carbocycles. The molecule has 2 N–H and O–H groups in total. The Hall–Kier alpha value is -2.93. The van der Waals surface area contributed by atoms with Gasteiger partial charge in [0.15, 0.2) is 0 Å². The minimum Gasteiger partial charge on any atom is -0.493 e. The molecule has 2 nitrogen and oxygen atoms in total. The molecule has 1 aliphatic rings. The molecule has 0 atom stereocenters. The molecule has 0 unspecified atom stereocenters. The van der Waals surface area contributed by atoms with Crippen molar-refractivity contribution in [2.75, 3.05) is 6.61 Å². The molecule has 0 spiro atoms. The maximum atomic E-state index is 5.62. The number of rotatable bonds is 4. The van der Waals surface area contributed by atoms with E-state index in [1.165, 1.54) is 27.0 Å². The lowest BCUT2D eigenvalue weighted by Crippen LogP contribution is -2.20. The van der Waals surface area contributed by atoms with Crippen molar-refractivity contribution in [2.45, 2.75) is 19.4 Å². The number of benzene rings is 4. The highest BCUT2D eigenvalue weighted by Crippen LogP contribution is 2.32. The van der Waals surface area contributed by atoms with Gasteiger partial charge in [-0.15, -0.1) is 0 Å². The lowest BCUT2D eigenvalue weighted by molar-refractivity contribution is 0.287. The van der Waals surface area contributed by atoms with E-state index in [1.54, 1.807) is 0 Å². The molecule has 0 bridgehead atoms. The van der Waals surface area contributed by atoms with Crippen molar-refractivity contribution < 1.29 is 4.74 Å². The molecular formula is C28H28NOP. The molecule has 31 heavy (non-hydrogen) atoms. The van der Waals surface area contributed by atoms with Crippen molar-refractivity contribution in [1.29, 1.82) is 0 Å². The Morgan fingerprint density at radius 2 is 1.16 bits per heavy atom. The monoisotopic (exact) mass is 425 g/mol. The van der Waals surface area contributed by atoms with Crippen LogP contribution in [-0.4, -0.2) is 6.61 Å². The van der Waals surface area contributed by atoms with E-state index in [1.807, 2.05) is 12.1 Å². The van der Waals surface area contributed by atoms with Crippen molar-refractivity contribution in [2.24, 2.45) is 5.73 Å². The molecule has 3 heteroatoms. The number of fused-ring (bicyclic) bond motifs is 1. The summed E-state index contributed by atoms with van der Waals surface area (Å²) in [7, 11) is -0.446. The highest BCUT2D eigenvalue weighted by atomic mass is 31.1. The molecular weight excluding hydrogens is 397 g/mol. The van der Waals surface area contributed by atoms with Gasteiger partial charge in [0.25, 0.3) is 0 Å². The lowest BCUT2D eigenvalue weighted by atomic mass is 10.0. The molecule has 1 aliphatic heterocycles. The second-order valence-electron chi connectivity index (χ2n) is 7.39. The zero-order valence-corrected chi connectivity index (χ0v) is 18.5. The van der Waals surface area contributed by atoms with Gasteiger partial charge in [0.1, 0.15) is 5.75 Å². The summed E-state index contributed by atoms with van der Waals surface area (Å²) in [6.45, 7) is 1.47. The van der Waals surface area contributed by atoms with E-state index < -0.39 is 7.92 Å². The van der Waals surface area contributed by atoms with Crippen molar-refractivity contribution in [3.05, 3.63) is 120 Å². The standard InChI is InChI=1S/C18H15P.C10H13NO/c1-4-10-16(11-5-1)19(17-12-6-2-7-13-17)18-14-8-3-9-15-18;11-7-8-3-1-5-10-9(8)4-2-6-12-10/h1-15H;1,3,5H,2,4,6-7,11H2. The van der Waals surface area contributed by atoms with Gasteiger partial charge in [-0.25, -0.2) is 0 Å². The van der Waals surface area contributed by atoms with Gasteiger partial charge in [-0.05, 0) is 53.9 Å². The van der Waals surface area contributed by atoms with Gasteiger partial charge in [-0.1, -0.05) is 103 Å². The number of hydrogen-bond donors (Lipinski definition) is 1. The zero-order valence-electron chi connectivity index (χ0n) is 17.7. The van der Waals surface area contributed by atoms with E-state index in [4.69, 9.17) is 10.5 Å². The van der Waals surface area contributed by atoms with Crippen LogP contribution in [0.2, 0.25) is 0 Å². The van der Waals surface area contributed by atoms with Crippen LogP contribution in [0.5, 0.6) is 5.75 Å². The SMILES string of the molecule is NCc1cccc2c1CCCO2.c1ccc(P(c2ccccc2)c2ccccc2)cc1. The third kappa shape index (κ3) is 5.41. The van der Waals surface area contributed by atoms with Crippen LogP contribution in [-0.2, 0) is 13.0 Å². The average Bonchev–Trinajstić information content (AvgIpc) is 2.86. The van der Waals surface area contributed by atoms with Crippen LogP contribution in [0.1, 0.15) is 17.5 Å². The van der Waals surface area contributed by atoms with E-state index in [-0.39, 0.29) is 0 Å². The largest absolute Gasteiger partial charge is 0.493 e. The van der Waals surface area contributed by atoms with Gasteiger partial charge >= 0.3 is 0 Å². The molecule has 5 rings (SSSR count). The normalized spacial score (nSPS) is 12.3. The lowest BCUT2D eigenvalue weighted by Gasteiger charge is -2.19. The molecule has 156 valence electrons. The van der Waals surface area contributed by atoms with Crippen molar-refractivity contribution in [3.63, 3.8) is 0 Å². The van der Waals surface area contributed by atoms with Crippen LogP contribution in [0, 0.1) is 0 Å². The maximum Gasteiger partial charge on any atom is 0.122 e. The van der Waals surface area contributed by atoms with Crippen LogP contribution in [0.3, 0.4) is 0 Å². The molecule has 0 aliphatic carbocycles. The van der Waals surface area contributed by atoms with E-state index >= 15 is 0 Å². The highest BCUT2D eigenvalue weighted by Gasteiger charge is 2.15. The Morgan fingerprint density at radius 1 is 0.645 bits per heavy atom. The summed E-state index contributed by atoms with van der Waals surface area (Å²) in [4.78, 5) is 0. The first-order valence-electron chi connectivity index (χ1n) is 10.8. The summed E-state index contributed by atoms with van der Waals surface area (Å²) in [6, 6.07) is 38.4. The Morgan fingerprint density at radius 3 is 1.65 bits per heavy atom. The first-order valence-corrected chi connectivity index (χ1v) is 12.1. The molecule has 0 saturated heterocycles. The van der Waals surface area contributed by atoms with Crippen LogP contribution in [0.4, 0.5) is 0 Å². The predicted molar refractivity (Wildman–Crippen MR) is 133 cm³/mol. The maximum absolute atomic E-state index is 5.62. The molecule has 1 heterocycles. The average molecular weight is 426 g/mol. The van der Waals surface area contributed by atoms with E-state index in [0.29, 0.717) is 6.54 Å². The van der Waals surface area contributed by atoms with Gasteiger partial charge < -0.3 is 10.5 Å². The molecule has 0 aromatic heterocycles. The number of ether oxygens (including phenoxy) is 1. The van der Waals surface area contributed by atoms with E-state index in [9.17, 15) is 0 Å². The number of hydrogen-bond acceptors (Lipinski definition) is 2. The van der Waals surface area contributed by atoms with E-state index in [2.05, 4.69) is 97.1 Å². The second kappa shape index (κ2) is 10.9. The first-order chi connectivity index (χ1) is 15.4. The summed E-state index contributed by atoms with van der Waals surface area (Å²) in [6.07, 6.45) is 2.23. The third-order valence-electron chi connectivity index (χ3n) is 5.32. The molecule has 0 amide bonds. The summed E-state index contributed by atoms with van der Waals surface area (Å²) >= 11 is 0. The fourth-order valence-electron chi connectivity index (χ4n) is 3.83.